The Hall–Kier alpha value is -3.98. The van der Waals surface area contributed by atoms with E-state index in [4.69, 9.17) is 0 Å². The van der Waals surface area contributed by atoms with Crippen molar-refractivity contribution in [2.45, 2.75) is 19.3 Å². The Morgan fingerprint density at radius 3 is 2.36 bits per heavy atom. The Bertz CT molecular complexity index is 1730. The number of halogens is 1. The van der Waals surface area contributed by atoms with E-state index in [9.17, 15) is 22.7 Å². The molecule has 36 heavy (non-hydrogen) atoms. The molecule has 0 aliphatic heterocycles. The van der Waals surface area contributed by atoms with E-state index in [1.54, 1.807) is 30.5 Å². The maximum atomic E-state index is 13.9. The van der Waals surface area contributed by atoms with Crippen LogP contribution in [0.25, 0.3) is 38.6 Å². The van der Waals surface area contributed by atoms with Gasteiger partial charge in [-0.1, -0.05) is 26.0 Å². The van der Waals surface area contributed by atoms with Crippen LogP contribution in [0.4, 0.5) is 4.39 Å². The quantitative estimate of drug-likeness (QED) is 0.324. The molecule has 2 aromatic heterocycles. The molecule has 9 heteroatoms. The van der Waals surface area contributed by atoms with E-state index in [-0.39, 0.29) is 17.1 Å². The van der Waals surface area contributed by atoms with Crippen LogP contribution in [0.3, 0.4) is 0 Å². The molecule has 5 aromatic rings. The number of nitrogens with zero attached hydrogens (tertiary/aromatic N) is 2. The molecule has 2 heterocycles. The van der Waals surface area contributed by atoms with Gasteiger partial charge >= 0.3 is 5.97 Å². The van der Waals surface area contributed by atoms with Crippen LogP contribution < -0.4 is 0 Å². The van der Waals surface area contributed by atoms with Crippen LogP contribution >= 0.6 is 0 Å². The van der Waals surface area contributed by atoms with Crippen molar-refractivity contribution in [3.05, 3.63) is 83.9 Å². The van der Waals surface area contributed by atoms with Gasteiger partial charge in [0.25, 0.3) is 0 Å². The van der Waals surface area contributed by atoms with Gasteiger partial charge in [0.15, 0.2) is 0 Å². The maximum absolute atomic E-state index is 13.9. The van der Waals surface area contributed by atoms with E-state index < -0.39 is 21.2 Å². The lowest BCUT2D eigenvalue weighted by molar-refractivity contribution is 0.0697. The van der Waals surface area contributed by atoms with Gasteiger partial charge < -0.3 is 9.67 Å². The Labute approximate surface area is 207 Å². The van der Waals surface area contributed by atoms with Gasteiger partial charge in [0, 0.05) is 39.4 Å². The largest absolute Gasteiger partial charge is 0.478 e. The summed E-state index contributed by atoms with van der Waals surface area (Å²) in [4.78, 5) is 11.5. The van der Waals surface area contributed by atoms with Crippen molar-refractivity contribution in [2.75, 3.05) is 12.0 Å². The number of aromatic nitrogens is 3. The second kappa shape index (κ2) is 8.30. The highest BCUT2D eigenvalue weighted by Crippen LogP contribution is 2.44. The molecule has 184 valence electrons. The topological polar surface area (TPSA) is 105 Å². The Morgan fingerprint density at radius 1 is 1.08 bits per heavy atom. The third-order valence-electron chi connectivity index (χ3n) is 6.30. The molecule has 0 aliphatic rings. The molecule has 3 aromatic carbocycles. The van der Waals surface area contributed by atoms with Crippen molar-refractivity contribution in [1.29, 1.82) is 0 Å². The fourth-order valence-corrected chi connectivity index (χ4v) is 6.47. The number of carbonyl (C=O) groups is 1. The van der Waals surface area contributed by atoms with E-state index in [1.807, 2.05) is 30.5 Å². The molecule has 5 rings (SSSR count). The van der Waals surface area contributed by atoms with E-state index in [2.05, 4.69) is 10.2 Å². The summed E-state index contributed by atoms with van der Waals surface area (Å²) >= 11 is 0. The summed E-state index contributed by atoms with van der Waals surface area (Å²) < 4.78 is 40.8. The van der Waals surface area contributed by atoms with Crippen LogP contribution in [0, 0.1) is 5.82 Å². The zero-order valence-electron chi connectivity index (χ0n) is 19.9. The van der Waals surface area contributed by atoms with Gasteiger partial charge in [-0.2, -0.15) is 5.10 Å². The highest BCUT2D eigenvalue weighted by atomic mass is 32.2. The fraction of sp³-hybridized carbons (Fsp3) is 0.185. The summed E-state index contributed by atoms with van der Waals surface area (Å²) in [5.74, 6) is -1.54. The molecule has 7 nitrogen and oxygen atoms in total. The second-order valence-corrected chi connectivity index (χ2v) is 11.8. The zero-order valence-corrected chi connectivity index (χ0v) is 20.7. The van der Waals surface area contributed by atoms with Gasteiger partial charge in [0.05, 0.1) is 28.5 Å². The molecular formula is C27H24FN3O4S. The van der Waals surface area contributed by atoms with Crippen molar-refractivity contribution < 1.29 is 22.7 Å². The number of hydrogen-bond donors (Lipinski definition) is 2. The Kier molecular flexibility index (Phi) is 5.48. The predicted octanol–water partition coefficient (Wildman–Crippen LogP) is 5.33. The van der Waals surface area contributed by atoms with Crippen LogP contribution in [-0.4, -0.2) is 46.3 Å². The SMILES string of the molecule is CC(C)(CS(C)(=O)=O)c1c(-c2ccc(C(=O)O)cc2)c2cc3[nH]ncc3cc2n1-c1ccc(F)cc1. The van der Waals surface area contributed by atoms with Crippen LogP contribution in [0.1, 0.15) is 29.9 Å². The van der Waals surface area contributed by atoms with Crippen molar-refractivity contribution in [1.82, 2.24) is 14.8 Å². The Morgan fingerprint density at radius 2 is 1.75 bits per heavy atom. The van der Waals surface area contributed by atoms with Gasteiger partial charge in [0.1, 0.15) is 15.7 Å². The van der Waals surface area contributed by atoms with E-state index in [1.165, 1.54) is 30.5 Å². The number of carboxylic acid groups (broad SMARTS) is 1. The number of nitrogens with one attached hydrogen (secondary N) is 1. The van der Waals surface area contributed by atoms with Crippen LogP contribution in [0.15, 0.2) is 66.9 Å². The van der Waals surface area contributed by atoms with Gasteiger partial charge in [-0.25, -0.2) is 17.6 Å². The number of H-pyrrole nitrogens is 1. The number of fused-ring (bicyclic) bond motifs is 2. The third kappa shape index (κ3) is 4.15. The first kappa shape index (κ1) is 23.7. The van der Waals surface area contributed by atoms with Crippen molar-refractivity contribution in [3.63, 3.8) is 0 Å². The zero-order chi connectivity index (χ0) is 25.8. The number of rotatable bonds is 6. The first-order valence-electron chi connectivity index (χ1n) is 11.2. The van der Waals surface area contributed by atoms with Gasteiger partial charge in [-0.15, -0.1) is 0 Å². The monoisotopic (exact) mass is 505 g/mol. The average molecular weight is 506 g/mol. The molecular weight excluding hydrogens is 481 g/mol. The minimum atomic E-state index is -3.38. The standard InChI is InChI=1S/C27H24FN3O4S/c1-27(2,15-36(3,34)35)25-24(16-4-6-17(7-5-16)26(32)33)21-13-22-18(14-29-30-22)12-23(21)31(25)20-10-8-19(28)9-11-20/h4-14H,15H2,1-3H3,(H,29,30)(H,32,33). The summed E-state index contributed by atoms with van der Waals surface area (Å²) in [6.45, 7) is 3.73. The van der Waals surface area contributed by atoms with Gasteiger partial charge in [0.2, 0.25) is 0 Å². The van der Waals surface area contributed by atoms with Crippen molar-refractivity contribution in [2.24, 2.45) is 0 Å². The van der Waals surface area contributed by atoms with E-state index in [0.717, 1.165) is 38.6 Å². The number of benzene rings is 3. The lowest BCUT2D eigenvalue weighted by atomic mass is 9.85. The molecule has 0 aliphatic carbocycles. The summed E-state index contributed by atoms with van der Waals surface area (Å²) in [6.07, 6.45) is 2.91. The maximum Gasteiger partial charge on any atom is 0.335 e. The molecule has 0 spiro atoms. The number of aromatic amines is 1. The molecule has 0 bridgehead atoms. The second-order valence-electron chi connectivity index (χ2n) is 9.70. The molecule has 0 saturated heterocycles. The van der Waals surface area contributed by atoms with Gasteiger partial charge in [-0.3, -0.25) is 5.10 Å². The lowest BCUT2D eigenvalue weighted by Gasteiger charge is -2.28. The number of aromatic carboxylic acids is 1. The first-order chi connectivity index (χ1) is 16.9. The van der Waals surface area contributed by atoms with E-state index in [0.29, 0.717) is 5.69 Å². The third-order valence-corrected chi connectivity index (χ3v) is 7.54. The predicted molar refractivity (Wildman–Crippen MR) is 138 cm³/mol. The highest BCUT2D eigenvalue weighted by Gasteiger charge is 2.35. The van der Waals surface area contributed by atoms with Crippen molar-refractivity contribution >= 4 is 37.6 Å². The highest BCUT2D eigenvalue weighted by molar-refractivity contribution is 7.90. The van der Waals surface area contributed by atoms with Crippen LogP contribution in [0.2, 0.25) is 0 Å². The minimum Gasteiger partial charge on any atom is -0.478 e. The average Bonchev–Trinajstić information content (AvgIpc) is 3.39. The summed E-state index contributed by atoms with van der Waals surface area (Å²) in [7, 11) is -3.38. The van der Waals surface area contributed by atoms with E-state index >= 15 is 0 Å². The lowest BCUT2D eigenvalue weighted by Crippen LogP contribution is -2.30. The first-order valence-corrected chi connectivity index (χ1v) is 13.3. The number of hydrogen-bond acceptors (Lipinski definition) is 4. The summed E-state index contributed by atoms with van der Waals surface area (Å²) in [6, 6.07) is 16.5. The van der Waals surface area contributed by atoms with Gasteiger partial charge in [-0.05, 0) is 54.1 Å². The molecule has 0 atom stereocenters. The molecule has 0 unspecified atom stereocenters. The number of sulfone groups is 1. The normalized spacial score (nSPS) is 12.4. The summed E-state index contributed by atoms with van der Waals surface area (Å²) in [5, 5.41) is 18.2. The summed E-state index contributed by atoms with van der Waals surface area (Å²) in [5.41, 5.74) is 3.78. The van der Waals surface area contributed by atoms with Crippen LogP contribution in [0.5, 0.6) is 0 Å². The molecule has 0 radical (unpaired) electrons. The van der Waals surface area contributed by atoms with Crippen LogP contribution in [-0.2, 0) is 15.3 Å². The number of carboxylic acids is 1. The minimum absolute atomic E-state index is 0.128. The van der Waals surface area contributed by atoms with Crippen molar-refractivity contribution in [3.8, 4) is 16.8 Å². The Balaban J connectivity index is 1.95. The molecule has 0 fully saturated rings. The smallest absolute Gasteiger partial charge is 0.335 e. The molecule has 2 N–H and O–H groups in total. The fourth-order valence-electron chi connectivity index (χ4n) is 5.02. The molecule has 0 amide bonds. The molecule has 0 saturated carbocycles.